The number of hydrogen-bond donors (Lipinski definition) is 3. The van der Waals surface area contributed by atoms with Crippen LogP contribution in [0.5, 0.6) is 5.75 Å². The van der Waals surface area contributed by atoms with Crippen LogP contribution < -0.4 is 10.7 Å². The molecule has 0 aliphatic rings. The minimum atomic E-state index is -0.495. The van der Waals surface area contributed by atoms with Crippen LogP contribution in [0.1, 0.15) is 5.56 Å². The molecule has 35 heavy (non-hydrogen) atoms. The first-order chi connectivity index (χ1) is 17.0. The molecule has 0 aliphatic heterocycles. The second-order valence-electron chi connectivity index (χ2n) is 7.43. The first-order valence-electron chi connectivity index (χ1n) is 10.5. The third-order valence-corrected chi connectivity index (χ3v) is 4.95. The summed E-state index contributed by atoms with van der Waals surface area (Å²) in [7, 11) is 0. The number of nitro groups is 1. The minimum Gasteiger partial charge on any atom is -0.507 e. The molecular formula is C25H20N6O4. The fraction of sp³-hybridized carbons (Fsp3) is 0.0400. The highest BCUT2D eigenvalue weighted by Gasteiger charge is 2.05. The maximum Gasteiger partial charge on any atom is 0.269 e. The number of amides is 1. The zero-order chi connectivity index (χ0) is 24.6. The topological polar surface area (TPSA) is 142 Å². The van der Waals surface area contributed by atoms with Gasteiger partial charge in [0.05, 0.1) is 29.1 Å². The van der Waals surface area contributed by atoms with Crippen molar-refractivity contribution in [2.45, 2.75) is 0 Å². The molecule has 0 aliphatic carbocycles. The number of phenolic OH excluding ortho intramolecular Hbond substituents is 1. The number of nitrogens with one attached hydrogen (secondary N) is 2. The first kappa shape index (κ1) is 23.1. The molecule has 4 aromatic rings. The number of rotatable bonds is 8. The van der Waals surface area contributed by atoms with Crippen LogP contribution in [0.4, 0.5) is 22.7 Å². The van der Waals surface area contributed by atoms with Crippen LogP contribution in [0.2, 0.25) is 0 Å². The van der Waals surface area contributed by atoms with Crippen molar-refractivity contribution in [1.29, 1.82) is 0 Å². The fourth-order valence-electron chi connectivity index (χ4n) is 3.16. The zero-order valence-electron chi connectivity index (χ0n) is 18.3. The van der Waals surface area contributed by atoms with Crippen molar-refractivity contribution >= 4 is 45.6 Å². The highest BCUT2D eigenvalue weighted by atomic mass is 16.6. The van der Waals surface area contributed by atoms with E-state index >= 15 is 0 Å². The summed E-state index contributed by atoms with van der Waals surface area (Å²) in [5, 5.41) is 38.0. The van der Waals surface area contributed by atoms with Crippen molar-refractivity contribution in [2.24, 2.45) is 15.3 Å². The summed E-state index contributed by atoms with van der Waals surface area (Å²) in [6.45, 7) is 0.0190. The van der Waals surface area contributed by atoms with Gasteiger partial charge in [0.25, 0.3) is 11.6 Å². The third-order valence-electron chi connectivity index (χ3n) is 4.95. The smallest absolute Gasteiger partial charge is 0.269 e. The SMILES string of the molecule is O=C(CNc1ccc2ccccc2c1)NN=Cc1cc(N=Nc2ccc([N+](=O)[O-])cc2)ccc1O. The number of benzene rings is 4. The fourth-order valence-corrected chi connectivity index (χ4v) is 3.16. The second-order valence-corrected chi connectivity index (χ2v) is 7.43. The molecule has 3 N–H and O–H groups in total. The number of hydrazone groups is 1. The largest absolute Gasteiger partial charge is 0.507 e. The Hall–Kier alpha value is -5.12. The molecule has 0 saturated carbocycles. The molecule has 0 radical (unpaired) electrons. The lowest BCUT2D eigenvalue weighted by molar-refractivity contribution is -0.384. The lowest BCUT2D eigenvalue weighted by Crippen LogP contribution is -2.25. The van der Waals surface area contributed by atoms with E-state index in [9.17, 15) is 20.0 Å². The van der Waals surface area contributed by atoms with Gasteiger partial charge in [0.1, 0.15) is 5.75 Å². The van der Waals surface area contributed by atoms with Crippen LogP contribution in [-0.4, -0.2) is 28.7 Å². The van der Waals surface area contributed by atoms with Crippen LogP contribution in [-0.2, 0) is 4.79 Å². The van der Waals surface area contributed by atoms with Gasteiger partial charge in [-0.05, 0) is 53.2 Å². The molecule has 0 atom stereocenters. The van der Waals surface area contributed by atoms with Crippen LogP contribution in [0.25, 0.3) is 10.8 Å². The molecule has 174 valence electrons. The normalized spacial score (nSPS) is 11.2. The van der Waals surface area contributed by atoms with Crippen LogP contribution in [0, 0.1) is 10.1 Å². The summed E-state index contributed by atoms with van der Waals surface area (Å²) in [4.78, 5) is 22.3. The number of aromatic hydroxyl groups is 1. The molecule has 10 nitrogen and oxygen atoms in total. The van der Waals surface area contributed by atoms with Gasteiger partial charge in [0.15, 0.2) is 0 Å². The van der Waals surface area contributed by atoms with Gasteiger partial charge < -0.3 is 10.4 Å². The Morgan fingerprint density at radius 2 is 1.63 bits per heavy atom. The minimum absolute atomic E-state index is 0.0190. The van der Waals surface area contributed by atoms with Gasteiger partial charge in [0, 0.05) is 23.4 Å². The maximum absolute atomic E-state index is 12.1. The van der Waals surface area contributed by atoms with Crippen LogP contribution >= 0.6 is 0 Å². The van der Waals surface area contributed by atoms with E-state index in [2.05, 4.69) is 26.1 Å². The molecule has 4 aromatic carbocycles. The highest BCUT2D eigenvalue weighted by molar-refractivity contribution is 5.88. The van der Waals surface area contributed by atoms with Crippen molar-refractivity contribution in [3.05, 3.63) is 101 Å². The third kappa shape index (κ3) is 6.23. The van der Waals surface area contributed by atoms with Gasteiger partial charge in [0.2, 0.25) is 0 Å². The Labute approximate surface area is 199 Å². The predicted octanol–water partition coefficient (Wildman–Crippen LogP) is 5.43. The van der Waals surface area contributed by atoms with E-state index in [1.165, 1.54) is 42.6 Å². The van der Waals surface area contributed by atoms with Gasteiger partial charge in [-0.15, -0.1) is 0 Å². The van der Waals surface area contributed by atoms with E-state index in [4.69, 9.17) is 0 Å². The molecule has 0 saturated heterocycles. The molecule has 10 heteroatoms. The number of nitrogens with zero attached hydrogens (tertiary/aromatic N) is 4. The molecule has 0 unspecified atom stereocenters. The van der Waals surface area contributed by atoms with Crippen molar-refractivity contribution in [1.82, 2.24) is 5.43 Å². The Balaban J connectivity index is 1.33. The Kier molecular flexibility index (Phi) is 7.02. The number of hydrogen-bond acceptors (Lipinski definition) is 8. The maximum atomic E-state index is 12.1. The van der Waals surface area contributed by atoms with E-state index in [-0.39, 0.29) is 23.9 Å². The molecule has 4 rings (SSSR count). The summed E-state index contributed by atoms with van der Waals surface area (Å²) in [5.41, 5.74) is 4.36. The first-order valence-corrected chi connectivity index (χ1v) is 10.5. The Morgan fingerprint density at radius 3 is 2.40 bits per heavy atom. The zero-order valence-corrected chi connectivity index (χ0v) is 18.3. The Bertz CT molecular complexity index is 1430. The van der Waals surface area contributed by atoms with Crippen molar-refractivity contribution < 1.29 is 14.8 Å². The van der Waals surface area contributed by atoms with E-state index < -0.39 is 4.92 Å². The number of phenols is 1. The molecule has 1 amide bonds. The van der Waals surface area contributed by atoms with E-state index in [0.717, 1.165) is 16.5 Å². The average Bonchev–Trinajstić information content (AvgIpc) is 2.88. The number of nitro benzene ring substituents is 1. The van der Waals surface area contributed by atoms with Gasteiger partial charge in [-0.25, -0.2) is 5.43 Å². The number of fused-ring (bicyclic) bond motifs is 1. The number of non-ortho nitro benzene ring substituents is 1. The standard InChI is InChI=1S/C25H20N6O4/c32-24-12-9-22(29-28-20-7-10-23(11-8-20)31(34)35)14-19(24)15-27-30-25(33)16-26-21-6-5-17-3-1-2-4-18(17)13-21/h1-15,26,32H,16H2,(H,30,33). The van der Waals surface area contributed by atoms with E-state index in [1.54, 1.807) is 6.07 Å². The molecule has 0 spiro atoms. The molecule has 0 bridgehead atoms. The lowest BCUT2D eigenvalue weighted by Gasteiger charge is -2.07. The summed E-state index contributed by atoms with van der Waals surface area (Å²) < 4.78 is 0. The van der Waals surface area contributed by atoms with Crippen molar-refractivity contribution in [3.63, 3.8) is 0 Å². The average molecular weight is 468 g/mol. The van der Waals surface area contributed by atoms with E-state index in [0.29, 0.717) is 16.9 Å². The lowest BCUT2D eigenvalue weighted by atomic mass is 10.1. The number of carbonyl (C=O) groups excluding carboxylic acids is 1. The van der Waals surface area contributed by atoms with E-state index in [1.807, 2.05) is 42.5 Å². The monoisotopic (exact) mass is 468 g/mol. The summed E-state index contributed by atoms with van der Waals surface area (Å²) in [5.74, 6) is -0.408. The van der Waals surface area contributed by atoms with Crippen LogP contribution in [0.15, 0.2) is 100 Å². The predicted molar refractivity (Wildman–Crippen MR) is 134 cm³/mol. The van der Waals surface area contributed by atoms with Crippen LogP contribution in [0.3, 0.4) is 0 Å². The van der Waals surface area contributed by atoms with Gasteiger partial charge in [-0.1, -0.05) is 30.3 Å². The Morgan fingerprint density at radius 1 is 0.914 bits per heavy atom. The van der Waals surface area contributed by atoms with Gasteiger partial charge in [-0.3, -0.25) is 14.9 Å². The number of azo groups is 1. The summed E-state index contributed by atoms with van der Waals surface area (Å²) >= 11 is 0. The quantitative estimate of drug-likeness (QED) is 0.137. The number of anilines is 1. The highest BCUT2D eigenvalue weighted by Crippen LogP contribution is 2.25. The molecule has 0 heterocycles. The summed E-state index contributed by atoms with van der Waals surface area (Å²) in [6.07, 6.45) is 1.30. The van der Waals surface area contributed by atoms with Gasteiger partial charge >= 0.3 is 0 Å². The summed E-state index contributed by atoms with van der Waals surface area (Å²) in [6, 6.07) is 23.9. The second kappa shape index (κ2) is 10.7. The molecular weight excluding hydrogens is 448 g/mol. The van der Waals surface area contributed by atoms with Crippen molar-refractivity contribution in [3.8, 4) is 5.75 Å². The molecule has 0 fully saturated rings. The van der Waals surface area contributed by atoms with Crippen molar-refractivity contribution in [2.75, 3.05) is 11.9 Å². The number of carbonyl (C=O) groups is 1. The van der Waals surface area contributed by atoms with Gasteiger partial charge in [-0.2, -0.15) is 15.3 Å². The molecule has 0 aromatic heterocycles.